The molecule has 0 bridgehead atoms. The van der Waals surface area contributed by atoms with Crippen molar-refractivity contribution in [3.63, 3.8) is 0 Å². The highest BCUT2D eigenvalue weighted by molar-refractivity contribution is 6.32. The van der Waals surface area contributed by atoms with Crippen LogP contribution in [-0.2, 0) is 11.2 Å². The molecule has 1 unspecified atom stereocenters. The van der Waals surface area contributed by atoms with Crippen LogP contribution in [0.15, 0.2) is 30.9 Å². The van der Waals surface area contributed by atoms with Gasteiger partial charge in [-0.05, 0) is 31.0 Å². The van der Waals surface area contributed by atoms with Gasteiger partial charge >= 0.3 is 6.36 Å². The lowest BCUT2D eigenvalue weighted by Crippen LogP contribution is -2.33. The summed E-state index contributed by atoms with van der Waals surface area (Å²) >= 11 is 5.74. The van der Waals surface area contributed by atoms with Crippen LogP contribution in [0.5, 0.6) is 5.75 Å². The SMILES string of the molecule is CC(C(=O)C(C)(C)Cc1ccc(Cl)c(OC(F)(F)F)c1)n1cncn1. The number of aromatic nitrogens is 3. The maximum absolute atomic E-state index is 12.7. The Morgan fingerprint density at radius 2 is 2.04 bits per heavy atom. The Bertz CT molecular complexity index is 746. The largest absolute Gasteiger partial charge is 0.573 e. The summed E-state index contributed by atoms with van der Waals surface area (Å²) in [6.07, 6.45) is -1.85. The lowest BCUT2D eigenvalue weighted by Gasteiger charge is -2.27. The lowest BCUT2D eigenvalue weighted by molar-refractivity contribution is -0.274. The molecule has 0 saturated heterocycles. The number of carbonyl (C=O) groups excluding carboxylic acids is 1. The van der Waals surface area contributed by atoms with E-state index in [2.05, 4.69) is 14.8 Å². The van der Waals surface area contributed by atoms with E-state index in [1.165, 1.54) is 29.5 Å². The third-order valence-corrected chi connectivity index (χ3v) is 4.06. The van der Waals surface area contributed by atoms with Crippen molar-refractivity contribution < 1.29 is 22.7 Å². The minimum absolute atomic E-state index is 0.119. The zero-order valence-electron chi connectivity index (χ0n) is 13.8. The topological polar surface area (TPSA) is 57.0 Å². The number of hydrogen-bond donors (Lipinski definition) is 0. The van der Waals surface area contributed by atoms with Crippen LogP contribution in [0, 0.1) is 5.41 Å². The van der Waals surface area contributed by atoms with E-state index in [1.54, 1.807) is 26.8 Å². The second-order valence-electron chi connectivity index (χ2n) is 6.29. The number of halogens is 4. The van der Waals surface area contributed by atoms with Crippen molar-refractivity contribution in [3.8, 4) is 5.75 Å². The average Bonchev–Trinajstić information content (AvgIpc) is 3.01. The molecular formula is C16H17ClF3N3O2. The minimum atomic E-state index is -4.84. The molecule has 0 spiro atoms. The molecule has 0 N–H and O–H groups in total. The predicted octanol–water partition coefficient (Wildman–Crippen LogP) is 4.23. The predicted molar refractivity (Wildman–Crippen MR) is 85.4 cm³/mol. The number of carbonyl (C=O) groups is 1. The molecule has 2 aromatic rings. The zero-order valence-corrected chi connectivity index (χ0v) is 14.6. The quantitative estimate of drug-likeness (QED) is 0.758. The van der Waals surface area contributed by atoms with Crippen molar-refractivity contribution in [1.29, 1.82) is 0 Å². The first-order valence-electron chi connectivity index (χ1n) is 7.42. The van der Waals surface area contributed by atoms with Crippen LogP contribution in [0.3, 0.4) is 0 Å². The maximum Gasteiger partial charge on any atom is 0.573 e. The van der Waals surface area contributed by atoms with Gasteiger partial charge in [-0.15, -0.1) is 13.2 Å². The van der Waals surface area contributed by atoms with E-state index in [1.807, 2.05) is 0 Å². The van der Waals surface area contributed by atoms with Gasteiger partial charge in [0.2, 0.25) is 0 Å². The fraction of sp³-hybridized carbons (Fsp3) is 0.438. The van der Waals surface area contributed by atoms with Gasteiger partial charge in [0.05, 0.1) is 5.02 Å². The lowest BCUT2D eigenvalue weighted by atomic mass is 9.79. The van der Waals surface area contributed by atoms with Crippen LogP contribution in [0.2, 0.25) is 5.02 Å². The van der Waals surface area contributed by atoms with E-state index in [0.717, 1.165) is 0 Å². The summed E-state index contributed by atoms with van der Waals surface area (Å²) in [5.74, 6) is -0.606. The van der Waals surface area contributed by atoms with Crippen molar-refractivity contribution in [2.75, 3.05) is 0 Å². The second kappa shape index (κ2) is 7.03. The maximum atomic E-state index is 12.7. The van der Waals surface area contributed by atoms with E-state index in [4.69, 9.17) is 11.6 Å². The van der Waals surface area contributed by atoms with Crippen molar-refractivity contribution in [3.05, 3.63) is 41.4 Å². The highest BCUT2D eigenvalue weighted by atomic mass is 35.5. The number of rotatable bonds is 6. The highest BCUT2D eigenvalue weighted by Gasteiger charge is 2.34. The molecule has 0 aliphatic heterocycles. The molecule has 1 heterocycles. The fourth-order valence-electron chi connectivity index (χ4n) is 2.56. The van der Waals surface area contributed by atoms with E-state index in [-0.39, 0.29) is 17.2 Å². The van der Waals surface area contributed by atoms with Gasteiger partial charge in [-0.3, -0.25) is 4.79 Å². The number of nitrogens with zero attached hydrogens (tertiary/aromatic N) is 3. The standard InChI is InChI=1S/C16H17ClF3N3O2/c1-10(23-9-21-8-22-23)14(24)15(2,3)7-11-4-5-12(17)13(6-11)25-16(18,19)20/h4-6,8-10H,7H2,1-3H3. The molecule has 1 aromatic carbocycles. The molecule has 1 atom stereocenters. The van der Waals surface area contributed by atoms with Crippen LogP contribution in [0.25, 0.3) is 0 Å². The number of ketones is 1. The summed E-state index contributed by atoms with van der Waals surface area (Å²) in [4.78, 5) is 16.5. The molecular weight excluding hydrogens is 359 g/mol. The second-order valence-corrected chi connectivity index (χ2v) is 6.70. The molecule has 2 rings (SSSR count). The molecule has 9 heteroatoms. The first-order valence-corrected chi connectivity index (χ1v) is 7.80. The molecule has 0 saturated carbocycles. The van der Waals surface area contributed by atoms with Gasteiger partial charge in [0.15, 0.2) is 5.78 Å². The minimum Gasteiger partial charge on any atom is -0.404 e. The van der Waals surface area contributed by atoms with Gasteiger partial charge in [-0.25, -0.2) is 9.67 Å². The third kappa shape index (κ3) is 4.94. The number of alkyl halides is 3. The van der Waals surface area contributed by atoms with E-state index in [9.17, 15) is 18.0 Å². The molecule has 1 aromatic heterocycles. The summed E-state index contributed by atoms with van der Waals surface area (Å²) in [7, 11) is 0. The number of hydrogen-bond acceptors (Lipinski definition) is 4. The first-order chi connectivity index (χ1) is 11.5. The van der Waals surface area contributed by atoms with Crippen molar-refractivity contribution in [1.82, 2.24) is 14.8 Å². The molecule has 25 heavy (non-hydrogen) atoms. The van der Waals surface area contributed by atoms with Crippen LogP contribution < -0.4 is 4.74 Å². The monoisotopic (exact) mass is 375 g/mol. The Hall–Kier alpha value is -2.09. The molecule has 0 aliphatic carbocycles. The van der Waals surface area contributed by atoms with E-state index < -0.39 is 23.6 Å². The van der Waals surface area contributed by atoms with Crippen LogP contribution >= 0.6 is 11.6 Å². The molecule has 0 aliphatic rings. The van der Waals surface area contributed by atoms with E-state index in [0.29, 0.717) is 5.56 Å². The van der Waals surface area contributed by atoms with Gasteiger partial charge in [0.25, 0.3) is 0 Å². The molecule has 0 radical (unpaired) electrons. The van der Waals surface area contributed by atoms with Gasteiger partial charge < -0.3 is 4.74 Å². The first kappa shape index (κ1) is 19.2. The molecule has 5 nitrogen and oxygen atoms in total. The van der Waals surface area contributed by atoms with Crippen LogP contribution in [-0.4, -0.2) is 26.9 Å². The molecule has 0 fully saturated rings. The Morgan fingerprint density at radius 1 is 1.36 bits per heavy atom. The summed E-state index contributed by atoms with van der Waals surface area (Å²) in [5.41, 5.74) is -0.331. The summed E-state index contributed by atoms with van der Waals surface area (Å²) in [6, 6.07) is 3.54. The van der Waals surface area contributed by atoms with Crippen LogP contribution in [0.1, 0.15) is 32.4 Å². The summed E-state index contributed by atoms with van der Waals surface area (Å²) < 4.78 is 42.6. The van der Waals surface area contributed by atoms with Gasteiger partial charge in [-0.1, -0.05) is 31.5 Å². The molecule has 0 amide bonds. The van der Waals surface area contributed by atoms with Gasteiger partial charge in [0, 0.05) is 5.41 Å². The number of ether oxygens (including phenoxy) is 1. The Kier molecular flexibility index (Phi) is 5.41. The zero-order chi connectivity index (χ0) is 18.8. The van der Waals surface area contributed by atoms with Crippen LogP contribution in [0.4, 0.5) is 13.2 Å². The van der Waals surface area contributed by atoms with Gasteiger partial charge in [0.1, 0.15) is 24.4 Å². The average molecular weight is 376 g/mol. The highest BCUT2D eigenvalue weighted by Crippen LogP contribution is 2.34. The Balaban J connectivity index is 2.19. The van der Waals surface area contributed by atoms with Gasteiger partial charge in [-0.2, -0.15) is 5.10 Å². The third-order valence-electron chi connectivity index (χ3n) is 3.75. The summed E-state index contributed by atoms with van der Waals surface area (Å²) in [6.45, 7) is 5.14. The smallest absolute Gasteiger partial charge is 0.404 e. The number of benzene rings is 1. The van der Waals surface area contributed by atoms with Crippen molar-refractivity contribution in [2.24, 2.45) is 5.41 Å². The van der Waals surface area contributed by atoms with Crippen molar-refractivity contribution in [2.45, 2.75) is 39.6 Å². The Morgan fingerprint density at radius 3 is 2.60 bits per heavy atom. The van der Waals surface area contributed by atoms with Crippen molar-refractivity contribution >= 4 is 17.4 Å². The molecule has 136 valence electrons. The summed E-state index contributed by atoms with van der Waals surface area (Å²) in [5, 5.41) is 3.79. The fourth-order valence-corrected chi connectivity index (χ4v) is 2.72. The number of Topliss-reactive ketones (excluding diaryl/α,β-unsaturated/α-hetero) is 1. The normalized spacial score (nSPS) is 13.6. The Labute approximate surface area is 147 Å². The van der Waals surface area contributed by atoms with E-state index >= 15 is 0 Å².